The van der Waals surface area contributed by atoms with Crippen molar-refractivity contribution in [1.29, 1.82) is 0 Å². The molecule has 3 aliphatic rings. The third-order valence-electron chi connectivity index (χ3n) is 6.83. The van der Waals surface area contributed by atoms with Gasteiger partial charge in [-0.2, -0.15) is 0 Å². The molecule has 1 saturated carbocycles. The van der Waals surface area contributed by atoms with Crippen molar-refractivity contribution in [3.05, 3.63) is 29.8 Å². The van der Waals surface area contributed by atoms with E-state index in [9.17, 15) is 9.59 Å². The van der Waals surface area contributed by atoms with Gasteiger partial charge in [-0.15, -0.1) is 0 Å². The van der Waals surface area contributed by atoms with E-state index in [0.717, 1.165) is 44.5 Å². The topological polar surface area (TPSA) is 67.9 Å². The normalized spacial score (nSPS) is 25.1. The van der Waals surface area contributed by atoms with E-state index in [-0.39, 0.29) is 11.8 Å². The van der Waals surface area contributed by atoms with Crippen LogP contribution in [0.25, 0.3) is 0 Å². The summed E-state index contributed by atoms with van der Waals surface area (Å²) in [6.07, 6.45) is 5.71. The first-order valence-electron chi connectivity index (χ1n) is 10.4. The van der Waals surface area contributed by atoms with Crippen molar-refractivity contribution in [2.24, 2.45) is 11.3 Å². The smallest absolute Gasteiger partial charge is 0.407 e. The van der Waals surface area contributed by atoms with Gasteiger partial charge in [0.25, 0.3) is 0 Å². The Kier molecular flexibility index (Phi) is 5.47. The van der Waals surface area contributed by atoms with E-state index in [1.165, 1.54) is 18.4 Å². The minimum atomic E-state index is -0.409. The monoisotopic (exact) mass is 386 g/mol. The second-order valence-electron chi connectivity index (χ2n) is 8.56. The predicted molar refractivity (Wildman–Crippen MR) is 105 cm³/mol. The highest BCUT2D eigenvalue weighted by atomic mass is 16.5. The van der Waals surface area contributed by atoms with Gasteiger partial charge >= 0.3 is 6.09 Å². The molecular formula is C22H30N2O4. The van der Waals surface area contributed by atoms with Crippen LogP contribution in [0.5, 0.6) is 5.75 Å². The quantitative estimate of drug-likeness (QED) is 0.865. The standard InChI is InChI=1S/C22H30N2O4/c1-27-19-6-2-4-16(12-19)18-13-22(14-18)7-9-24(10-8-22)20(25)17-5-3-11-28-21(26)23-15-17/h2,4,6,12,17-18H,3,5,7-11,13-15H2,1H3,(H,23,26)/t17-/m1/s1. The molecule has 1 N–H and O–H groups in total. The maximum Gasteiger partial charge on any atom is 0.407 e. The number of methoxy groups -OCH3 is 1. The summed E-state index contributed by atoms with van der Waals surface area (Å²) in [4.78, 5) is 26.4. The number of nitrogens with one attached hydrogen (secondary N) is 1. The Hall–Kier alpha value is -2.24. The summed E-state index contributed by atoms with van der Waals surface area (Å²) < 4.78 is 10.3. The molecule has 0 unspecified atom stereocenters. The van der Waals surface area contributed by atoms with E-state index in [4.69, 9.17) is 9.47 Å². The van der Waals surface area contributed by atoms with E-state index < -0.39 is 6.09 Å². The summed E-state index contributed by atoms with van der Waals surface area (Å²) in [5.41, 5.74) is 1.77. The summed E-state index contributed by atoms with van der Waals surface area (Å²) in [7, 11) is 1.71. The van der Waals surface area contributed by atoms with Gasteiger partial charge in [0.2, 0.25) is 5.91 Å². The Morgan fingerprint density at radius 1 is 1.29 bits per heavy atom. The lowest BCUT2D eigenvalue weighted by atomic mass is 9.56. The van der Waals surface area contributed by atoms with Gasteiger partial charge in [0, 0.05) is 19.6 Å². The Balaban J connectivity index is 1.29. The van der Waals surface area contributed by atoms with Crippen LogP contribution >= 0.6 is 0 Å². The van der Waals surface area contributed by atoms with E-state index in [1.807, 2.05) is 11.0 Å². The third kappa shape index (κ3) is 3.96. The molecule has 6 heteroatoms. The maximum absolute atomic E-state index is 12.9. The number of nitrogens with zero attached hydrogens (tertiary/aromatic N) is 1. The number of alkyl carbamates (subject to hydrolysis) is 1. The Labute approximate surface area is 166 Å². The number of cyclic esters (lactones) is 1. The number of ether oxygens (including phenoxy) is 2. The highest BCUT2D eigenvalue weighted by Crippen LogP contribution is 2.56. The number of rotatable bonds is 3. The van der Waals surface area contributed by atoms with Gasteiger partial charge in [0.05, 0.1) is 19.6 Å². The zero-order valence-corrected chi connectivity index (χ0v) is 16.6. The van der Waals surface area contributed by atoms with Crippen molar-refractivity contribution in [2.75, 3.05) is 33.4 Å². The number of benzene rings is 1. The van der Waals surface area contributed by atoms with Gasteiger partial charge in [0.1, 0.15) is 5.75 Å². The molecular weight excluding hydrogens is 356 g/mol. The van der Waals surface area contributed by atoms with Crippen molar-refractivity contribution in [1.82, 2.24) is 10.2 Å². The van der Waals surface area contributed by atoms with Crippen LogP contribution in [0.3, 0.4) is 0 Å². The lowest BCUT2D eigenvalue weighted by Gasteiger charge is -2.53. The molecule has 2 heterocycles. The Morgan fingerprint density at radius 3 is 2.82 bits per heavy atom. The van der Waals surface area contributed by atoms with Crippen LogP contribution < -0.4 is 10.1 Å². The molecule has 28 heavy (non-hydrogen) atoms. The van der Waals surface area contributed by atoms with Gasteiger partial charge in [-0.3, -0.25) is 4.79 Å². The maximum atomic E-state index is 12.9. The number of amides is 2. The number of hydrogen-bond donors (Lipinski definition) is 1. The van der Waals surface area contributed by atoms with Crippen molar-refractivity contribution >= 4 is 12.0 Å². The van der Waals surface area contributed by atoms with Gasteiger partial charge in [0.15, 0.2) is 0 Å². The van der Waals surface area contributed by atoms with Crippen LogP contribution in [-0.4, -0.2) is 50.3 Å². The molecule has 152 valence electrons. The second-order valence-corrected chi connectivity index (χ2v) is 8.56. The first-order valence-corrected chi connectivity index (χ1v) is 10.4. The van der Waals surface area contributed by atoms with Gasteiger partial charge in [-0.1, -0.05) is 12.1 Å². The molecule has 1 aromatic carbocycles. The van der Waals surface area contributed by atoms with Crippen molar-refractivity contribution in [3.63, 3.8) is 0 Å². The molecule has 0 aromatic heterocycles. The summed E-state index contributed by atoms with van der Waals surface area (Å²) >= 11 is 0. The summed E-state index contributed by atoms with van der Waals surface area (Å²) in [5.74, 6) is 1.61. The average Bonchev–Trinajstić information content (AvgIpc) is 2.69. The Morgan fingerprint density at radius 2 is 2.07 bits per heavy atom. The lowest BCUT2D eigenvalue weighted by molar-refractivity contribution is -0.139. The first-order chi connectivity index (χ1) is 13.6. The fraction of sp³-hybridized carbons (Fsp3) is 0.636. The van der Waals surface area contributed by atoms with Crippen LogP contribution in [-0.2, 0) is 9.53 Å². The van der Waals surface area contributed by atoms with Crippen LogP contribution in [0, 0.1) is 11.3 Å². The molecule has 1 aliphatic carbocycles. The van der Waals surface area contributed by atoms with E-state index in [0.29, 0.717) is 24.5 Å². The zero-order valence-electron chi connectivity index (χ0n) is 16.6. The van der Waals surface area contributed by atoms with Gasteiger partial charge in [-0.05, 0) is 67.6 Å². The number of hydrogen-bond acceptors (Lipinski definition) is 4. The van der Waals surface area contributed by atoms with Gasteiger partial charge in [-0.25, -0.2) is 4.79 Å². The minimum Gasteiger partial charge on any atom is -0.497 e. The molecule has 1 atom stereocenters. The molecule has 2 amide bonds. The minimum absolute atomic E-state index is 0.118. The van der Waals surface area contributed by atoms with E-state index in [2.05, 4.69) is 23.5 Å². The van der Waals surface area contributed by atoms with E-state index in [1.54, 1.807) is 7.11 Å². The summed E-state index contributed by atoms with van der Waals surface area (Å²) in [5, 5.41) is 2.71. The summed E-state index contributed by atoms with van der Waals surface area (Å²) in [6.45, 7) is 2.46. The number of carbonyl (C=O) groups excluding carboxylic acids is 2. The fourth-order valence-corrected chi connectivity index (χ4v) is 5.05. The van der Waals surface area contributed by atoms with Crippen molar-refractivity contribution < 1.29 is 19.1 Å². The lowest BCUT2D eigenvalue weighted by Crippen LogP contribution is -2.50. The molecule has 1 spiro atoms. The van der Waals surface area contributed by atoms with E-state index >= 15 is 0 Å². The number of piperidine rings is 1. The fourth-order valence-electron chi connectivity index (χ4n) is 5.05. The predicted octanol–water partition coefficient (Wildman–Crippen LogP) is 3.32. The molecule has 2 saturated heterocycles. The molecule has 1 aromatic rings. The van der Waals surface area contributed by atoms with Crippen LogP contribution in [0.15, 0.2) is 24.3 Å². The first kappa shape index (κ1) is 19.1. The number of likely N-dealkylation sites (tertiary alicyclic amines) is 1. The second kappa shape index (κ2) is 8.02. The zero-order chi connectivity index (χ0) is 19.6. The summed E-state index contributed by atoms with van der Waals surface area (Å²) in [6, 6.07) is 8.42. The van der Waals surface area contributed by atoms with Crippen LogP contribution in [0.2, 0.25) is 0 Å². The van der Waals surface area contributed by atoms with Gasteiger partial charge < -0.3 is 19.7 Å². The highest BCUT2D eigenvalue weighted by molar-refractivity contribution is 5.80. The molecule has 2 aliphatic heterocycles. The molecule has 3 fully saturated rings. The van der Waals surface area contributed by atoms with Crippen LogP contribution in [0.1, 0.15) is 50.0 Å². The molecule has 4 rings (SSSR count). The van der Waals surface area contributed by atoms with Crippen molar-refractivity contribution in [3.8, 4) is 5.75 Å². The highest BCUT2D eigenvalue weighted by Gasteiger charge is 2.47. The Bertz CT molecular complexity index is 719. The van der Waals surface area contributed by atoms with Crippen molar-refractivity contribution in [2.45, 2.75) is 44.4 Å². The molecule has 6 nitrogen and oxygen atoms in total. The largest absolute Gasteiger partial charge is 0.497 e. The molecule has 0 bridgehead atoms. The van der Waals surface area contributed by atoms with Crippen LogP contribution in [0.4, 0.5) is 4.79 Å². The number of carbonyl (C=O) groups is 2. The average molecular weight is 386 g/mol. The SMILES string of the molecule is COc1cccc(C2CC3(CCN(C(=O)[C@@H]4CCCOC(=O)NC4)CC3)C2)c1. The molecule has 0 radical (unpaired) electrons. The third-order valence-corrected chi connectivity index (χ3v) is 6.83.